The zero-order chi connectivity index (χ0) is 14.9. The molecule has 0 fully saturated rings. The van der Waals surface area contributed by atoms with Crippen LogP contribution in [0.1, 0.15) is 34.6 Å². The molecular weight excluding hydrogens is 260 g/mol. The standard InChI is InChI=1S/C14H16N2O4/c1-4-20-14(19)8(2)15-9-5-6-10-11(7-9)13(18)16(3)12(10)17/h5-8,15H,4H2,1-3H3. The van der Waals surface area contributed by atoms with Crippen molar-refractivity contribution in [2.75, 3.05) is 19.0 Å². The van der Waals surface area contributed by atoms with Crippen LogP contribution in [0.4, 0.5) is 5.69 Å². The molecule has 0 saturated heterocycles. The number of rotatable bonds is 4. The van der Waals surface area contributed by atoms with Gasteiger partial charge in [0.25, 0.3) is 11.8 Å². The number of nitrogens with one attached hydrogen (secondary N) is 1. The summed E-state index contributed by atoms with van der Waals surface area (Å²) in [5.74, 6) is -1.01. The summed E-state index contributed by atoms with van der Waals surface area (Å²) in [6, 6.07) is 4.30. The number of carbonyl (C=O) groups is 3. The van der Waals surface area contributed by atoms with Gasteiger partial charge >= 0.3 is 5.97 Å². The fourth-order valence-electron chi connectivity index (χ4n) is 2.03. The van der Waals surface area contributed by atoms with Crippen molar-refractivity contribution in [3.8, 4) is 0 Å². The van der Waals surface area contributed by atoms with Gasteiger partial charge < -0.3 is 10.1 Å². The number of fused-ring (bicyclic) bond motifs is 1. The van der Waals surface area contributed by atoms with E-state index in [-0.39, 0.29) is 17.8 Å². The maximum atomic E-state index is 11.9. The summed E-state index contributed by atoms with van der Waals surface area (Å²) in [6.45, 7) is 3.72. The molecule has 1 heterocycles. The number of hydrogen-bond donors (Lipinski definition) is 1. The fraction of sp³-hybridized carbons (Fsp3) is 0.357. The lowest BCUT2D eigenvalue weighted by Crippen LogP contribution is -2.28. The summed E-state index contributed by atoms with van der Waals surface area (Å²) < 4.78 is 4.89. The predicted molar refractivity (Wildman–Crippen MR) is 72.6 cm³/mol. The monoisotopic (exact) mass is 276 g/mol. The normalized spacial score (nSPS) is 15.1. The van der Waals surface area contributed by atoms with Crippen molar-refractivity contribution >= 4 is 23.5 Å². The third-order valence-electron chi connectivity index (χ3n) is 3.11. The van der Waals surface area contributed by atoms with Crippen LogP contribution in [0.25, 0.3) is 0 Å². The van der Waals surface area contributed by atoms with Gasteiger partial charge in [-0.1, -0.05) is 0 Å². The molecule has 1 aliphatic heterocycles. The molecule has 0 spiro atoms. The minimum atomic E-state index is -0.530. The van der Waals surface area contributed by atoms with Crippen molar-refractivity contribution in [3.05, 3.63) is 29.3 Å². The molecule has 6 nitrogen and oxygen atoms in total. The number of esters is 1. The molecule has 2 amide bonds. The molecule has 20 heavy (non-hydrogen) atoms. The van der Waals surface area contributed by atoms with Crippen molar-refractivity contribution in [1.29, 1.82) is 0 Å². The maximum Gasteiger partial charge on any atom is 0.328 e. The topological polar surface area (TPSA) is 75.7 Å². The van der Waals surface area contributed by atoms with Gasteiger partial charge in [-0.25, -0.2) is 4.79 Å². The smallest absolute Gasteiger partial charge is 0.328 e. The fourth-order valence-corrected chi connectivity index (χ4v) is 2.03. The lowest BCUT2D eigenvalue weighted by Gasteiger charge is -2.14. The first-order valence-corrected chi connectivity index (χ1v) is 6.35. The molecule has 1 atom stereocenters. The van der Waals surface area contributed by atoms with E-state index in [9.17, 15) is 14.4 Å². The van der Waals surface area contributed by atoms with Crippen molar-refractivity contribution < 1.29 is 19.1 Å². The number of carbonyl (C=O) groups excluding carboxylic acids is 3. The van der Waals surface area contributed by atoms with Gasteiger partial charge in [0.2, 0.25) is 0 Å². The van der Waals surface area contributed by atoms with Gasteiger partial charge in [0, 0.05) is 12.7 Å². The van der Waals surface area contributed by atoms with Crippen molar-refractivity contribution in [2.45, 2.75) is 19.9 Å². The maximum absolute atomic E-state index is 11.9. The van der Waals surface area contributed by atoms with Crippen LogP contribution in [-0.2, 0) is 9.53 Å². The Balaban J connectivity index is 2.19. The zero-order valence-corrected chi connectivity index (χ0v) is 11.6. The van der Waals surface area contributed by atoms with Crippen LogP contribution >= 0.6 is 0 Å². The van der Waals surface area contributed by atoms with E-state index in [0.717, 1.165) is 4.90 Å². The molecule has 1 aromatic carbocycles. The first kappa shape index (κ1) is 14.0. The molecule has 1 aliphatic rings. The first-order valence-electron chi connectivity index (χ1n) is 6.35. The Kier molecular flexibility index (Phi) is 3.74. The summed E-state index contributed by atoms with van der Waals surface area (Å²) >= 11 is 0. The second kappa shape index (κ2) is 5.32. The van der Waals surface area contributed by atoms with E-state index >= 15 is 0 Å². The second-order valence-electron chi connectivity index (χ2n) is 4.55. The van der Waals surface area contributed by atoms with Gasteiger partial charge in [-0.2, -0.15) is 0 Å². The summed E-state index contributed by atoms with van der Waals surface area (Å²) in [5, 5.41) is 2.95. The second-order valence-corrected chi connectivity index (χ2v) is 4.55. The molecule has 0 aromatic heterocycles. The summed E-state index contributed by atoms with van der Waals surface area (Å²) in [7, 11) is 1.44. The highest BCUT2D eigenvalue weighted by Gasteiger charge is 2.32. The lowest BCUT2D eigenvalue weighted by atomic mass is 10.1. The average molecular weight is 276 g/mol. The van der Waals surface area contributed by atoms with Crippen LogP contribution < -0.4 is 5.32 Å². The molecule has 2 rings (SSSR count). The Labute approximate surface area is 116 Å². The van der Waals surface area contributed by atoms with Crippen LogP contribution in [0.3, 0.4) is 0 Å². The van der Waals surface area contributed by atoms with E-state index in [1.807, 2.05) is 0 Å². The van der Waals surface area contributed by atoms with Crippen LogP contribution in [0.2, 0.25) is 0 Å². The van der Waals surface area contributed by atoms with Crippen molar-refractivity contribution in [2.24, 2.45) is 0 Å². The largest absolute Gasteiger partial charge is 0.464 e. The Bertz CT molecular complexity index is 583. The van der Waals surface area contributed by atoms with E-state index in [1.165, 1.54) is 7.05 Å². The molecule has 0 saturated carbocycles. The van der Waals surface area contributed by atoms with Crippen LogP contribution in [-0.4, -0.2) is 42.4 Å². The molecule has 1 N–H and O–H groups in total. The average Bonchev–Trinajstić information content (AvgIpc) is 2.64. The van der Waals surface area contributed by atoms with E-state index < -0.39 is 6.04 Å². The van der Waals surface area contributed by atoms with Gasteiger partial charge in [0.15, 0.2) is 0 Å². The third-order valence-corrected chi connectivity index (χ3v) is 3.11. The molecular formula is C14H16N2O4. The van der Waals surface area contributed by atoms with Crippen molar-refractivity contribution in [1.82, 2.24) is 4.90 Å². The minimum absolute atomic E-state index is 0.310. The number of ether oxygens (including phenoxy) is 1. The first-order chi connectivity index (χ1) is 9.45. The number of benzene rings is 1. The molecule has 0 aliphatic carbocycles. The highest BCUT2D eigenvalue weighted by molar-refractivity contribution is 6.21. The molecule has 0 radical (unpaired) electrons. The number of anilines is 1. The quantitative estimate of drug-likeness (QED) is 0.662. The highest BCUT2D eigenvalue weighted by Crippen LogP contribution is 2.25. The predicted octanol–water partition coefficient (Wildman–Crippen LogP) is 1.28. The Morgan fingerprint density at radius 1 is 1.30 bits per heavy atom. The molecule has 0 bridgehead atoms. The van der Waals surface area contributed by atoms with Crippen LogP contribution in [0.15, 0.2) is 18.2 Å². The SMILES string of the molecule is CCOC(=O)C(C)Nc1ccc2c(c1)C(=O)N(C)C2=O. The minimum Gasteiger partial charge on any atom is -0.464 e. The number of amides is 2. The zero-order valence-electron chi connectivity index (χ0n) is 11.6. The van der Waals surface area contributed by atoms with E-state index in [4.69, 9.17) is 4.74 Å². The van der Waals surface area contributed by atoms with Gasteiger partial charge in [-0.15, -0.1) is 0 Å². The number of imide groups is 1. The highest BCUT2D eigenvalue weighted by atomic mass is 16.5. The van der Waals surface area contributed by atoms with Gasteiger partial charge in [-0.05, 0) is 32.0 Å². The van der Waals surface area contributed by atoms with Gasteiger partial charge in [0.05, 0.1) is 17.7 Å². The number of hydrogen-bond acceptors (Lipinski definition) is 5. The van der Waals surface area contributed by atoms with E-state index in [0.29, 0.717) is 23.4 Å². The Morgan fingerprint density at radius 2 is 1.95 bits per heavy atom. The Hall–Kier alpha value is -2.37. The van der Waals surface area contributed by atoms with Gasteiger partial charge in [0.1, 0.15) is 6.04 Å². The molecule has 1 aromatic rings. The van der Waals surface area contributed by atoms with Gasteiger partial charge in [-0.3, -0.25) is 14.5 Å². The summed E-state index contributed by atoms with van der Waals surface area (Å²) in [6.07, 6.45) is 0. The van der Waals surface area contributed by atoms with Crippen LogP contribution in [0, 0.1) is 0 Å². The molecule has 106 valence electrons. The summed E-state index contributed by atoms with van der Waals surface area (Å²) in [4.78, 5) is 36.2. The van der Waals surface area contributed by atoms with E-state index in [1.54, 1.807) is 32.0 Å². The van der Waals surface area contributed by atoms with Crippen LogP contribution in [0.5, 0.6) is 0 Å². The molecule has 1 unspecified atom stereocenters. The third kappa shape index (κ3) is 2.36. The van der Waals surface area contributed by atoms with Crippen molar-refractivity contribution in [3.63, 3.8) is 0 Å². The Morgan fingerprint density at radius 3 is 2.60 bits per heavy atom. The summed E-state index contributed by atoms with van der Waals surface area (Å²) in [5.41, 5.74) is 1.33. The lowest BCUT2D eigenvalue weighted by molar-refractivity contribution is -0.143. The number of nitrogens with zero attached hydrogens (tertiary/aromatic N) is 1. The molecule has 6 heteroatoms. The van der Waals surface area contributed by atoms with E-state index in [2.05, 4.69) is 5.32 Å².